The lowest BCUT2D eigenvalue weighted by atomic mass is 10.2. The predicted octanol–water partition coefficient (Wildman–Crippen LogP) is 4.02. The fourth-order valence-electron chi connectivity index (χ4n) is 2.02. The molecule has 0 aliphatic carbocycles. The van der Waals surface area contributed by atoms with Gasteiger partial charge in [0.05, 0.1) is 17.6 Å². The van der Waals surface area contributed by atoms with E-state index in [1.807, 2.05) is 48.5 Å². The molecule has 3 rings (SSSR count). The van der Waals surface area contributed by atoms with Gasteiger partial charge in [-0.2, -0.15) is 0 Å². The Kier molecular flexibility index (Phi) is 3.19. The minimum absolute atomic E-state index is 0.754. The van der Waals surface area contributed by atoms with Gasteiger partial charge in [0, 0.05) is 5.56 Å². The molecule has 0 radical (unpaired) electrons. The van der Waals surface area contributed by atoms with E-state index in [1.54, 1.807) is 0 Å². The third-order valence-electron chi connectivity index (χ3n) is 2.99. The van der Waals surface area contributed by atoms with Gasteiger partial charge in [-0.25, -0.2) is 4.98 Å². The van der Waals surface area contributed by atoms with E-state index >= 15 is 0 Å². The summed E-state index contributed by atoms with van der Waals surface area (Å²) in [7, 11) is 0. The van der Waals surface area contributed by atoms with Crippen LogP contribution in [0.15, 0.2) is 48.5 Å². The zero-order chi connectivity index (χ0) is 13.1. The number of hydrogen-bond donors (Lipinski definition) is 1. The Hall–Kier alpha value is -2.29. The smallest absolute Gasteiger partial charge is 0.138 e. The maximum Gasteiger partial charge on any atom is 0.138 e. The number of benzene rings is 2. The molecule has 1 heterocycles. The number of ether oxygens (including phenoxy) is 1. The first-order chi connectivity index (χ1) is 9.36. The summed E-state index contributed by atoms with van der Waals surface area (Å²) >= 11 is 0. The largest absolute Gasteiger partial charge is 0.494 e. The van der Waals surface area contributed by atoms with Gasteiger partial charge in [0.25, 0.3) is 0 Å². The SMILES string of the molecule is CCCOc1ccc(-c2nc3ccccc3[nH]2)cc1. The molecule has 0 fully saturated rings. The van der Waals surface area contributed by atoms with Gasteiger partial charge in [-0.15, -0.1) is 0 Å². The van der Waals surface area contributed by atoms with Gasteiger partial charge in [0.2, 0.25) is 0 Å². The van der Waals surface area contributed by atoms with E-state index in [4.69, 9.17) is 4.74 Å². The summed E-state index contributed by atoms with van der Waals surface area (Å²) in [5.41, 5.74) is 3.12. The second-order valence-electron chi connectivity index (χ2n) is 4.48. The first kappa shape index (κ1) is 11.8. The molecule has 0 saturated carbocycles. The summed E-state index contributed by atoms with van der Waals surface area (Å²) in [6, 6.07) is 16.1. The van der Waals surface area contributed by atoms with Crippen molar-refractivity contribution < 1.29 is 4.74 Å². The van der Waals surface area contributed by atoms with Crippen molar-refractivity contribution in [2.45, 2.75) is 13.3 Å². The van der Waals surface area contributed by atoms with Crippen LogP contribution in [0.4, 0.5) is 0 Å². The Balaban J connectivity index is 1.88. The van der Waals surface area contributed by atoms with Crippen LogP contribution in [-0.2, 0) is 0 Å². The lowest BCUT2D eigenvalue weighted by Crippen LogP contribution is -1.94. The minimum Gasteiger partial charge on any atom is -0.494 e. The minimum atomic E-state index is 0.754. The van der Waals surface area contributed by atoms with Crippen molar-refractivity contribution in [1.82, 2.24) is 9.97 Å². The lowest BCUT2D eigenvalue weighted by Gasteiger charge is -2.04. The average molecular weight is 252 g/mol. The van der Waals surface area contributed by atoms with Gasteiger partial charge in [-0.05, 0) is 42.8 Å². The molecule has 0 aliphatic heterocycles. The molecule has 96 valence electrons. The normalized spacial score (nSPS) is 10.8. The molecule has 0 amide bonds. The van der Waals surface area contributed by atoms with Gasteiger partial charge >= 0.3 is 0 Å². The van der Waals surface area contributed by atoms with Crippen molar-refractivity contribution in [1.29, 1.82) is 0 Å². The molecule has 0 bridgehead atoms. The molecule has 0 atom stereocenters. The van der Waals surface area contributed by atoms with Gasteiger partial charge in [0.15, 0.2) is 0 Å². The number of imidazole rings is 1. The second kappa shape index (κ2) is 5.14. The second-order valence-corrected chi connectivity index (χ2v) is 4.48. The molecule has 0 aliphatic rings. The van der Waals surface area contributed by atoms with Crippen LogP contribution in [0, 0.1) is 0 Å². The zero-order valence-corrected chi connectivity index (χ0v) is 10.9. The monoisotopic (exact) mass is 252 g/mol. The summed E-state index contributed by atoms with van der Waals surface area (Å²) in [5, 5.41) is 0. The van der Waals surface area contributed by atoms with Crippen molar-refractivity contribution in [3.8, 4) is 17.1 Å². The Labute approximate surface area is 112 Å². The number of H-pyrrole nitrogens is 1. The highest BCUT2D eigenvalue weighted by Gasteiger charge is 2.04. The fraction of sp³-hybridized carbons (Fsp3) is 0.188. The number of aromatic nitrogens is 2. The number of fused-ring (bicyclic) bond motifs is 1. The van der Waals surface area contributed by atoms with E-state index in [2.05, 4.69) is 16.9 Å². The van der Waals surface area contributed by atoms with Crippen LogP contribution in [0.3, 0.4) is 0 Å². The highest BCUT2D eigenvalue weighted by molar-refractivity contribution is 5.79. The molecule has 1 aromatic heterocycles. The van der Waals surface area contributed by atoms with Crippen LogP contribution >= 0.6 is 0 Å². The van der Waals surface area contributed by atoms with E-state index in [1.165, 1.54) is 0 Å². The molecular formula is C16H16N2O. The standard InChI is InChI=1S/C16H16N2O/c1-2-11-19-13-9-7-12(8-10-13)16-17-14-5-3-4-6-15(14)18-16/h3-10H,2,11H2,1H3,(H,17,18). The zero-order valence-electron chi connectivity index (χ0n) is 10.9. The highest BCUT2D eigenvalue weighted by atomic mass is 16.5. The van der Waals surface area contributed by atoms with E-state index in [0.29, 0.717) is 0 Å². The molecule has 1 N–H and O–H groups in total. The molecule has 3 heteroatoms. The van der Waals surface area contributed by atoms with Gasteiger partial charge < -0.3 is 9.72 Å². The first-order valence-corrected chi connectivity index (χ1v) is 6.55. The van der Waals surface area contributed by atoms with Crippen LogP contribution < -0.4 is 4.74 Å². The molecule has 0 saturated heterocycles. The molecule has 0 spiro atoms. The molecular weight excluding hydrogens is 236 g/mol. The predicted molar refractivity (Wildman–Crippen MR) is 77.3 cm³/mol. The third-order valence-corrected chi connectivity index (χ3v) is 2.99. The number of hydrogen-bond acceptors (Lipinski definition) is 2. The van der Waals surface area contributed by atoms with E-state index in [9.17, 15) is 0 Å². The molecule has 3 nitrogen and oxygen atoms in total. The van der Waals surface area contributed by atoms with Crippen LogP contribution in [0.1, 0.15) is 13.3 Å². The van der Waals surface area contributed by atoms with E-state index in [0.717, 1.165) is 41.2 Å². The van der Waals surface area contributed by atoms with Gasteiger partial charge in [-0.3, -0.25) is 0 Å². The number of rotatable bonds is 4. The van der Waals surface area contributed by atoms with E-state index < -0.39 is 0 Å². The molecule has 19 heavy (non-hydrogen) atoms. The maximum atomic E-state index is 5.57. The van der Waals surface area contributed by atoms with Crippen LogP contribution in [0.25, 0.3) is 22.4 Å². The molecule has 3 aromatic rings. The Morgan fingerprint density at radius 3 is 2.58 bits per heavy atom. The van der Waals surface area contributed by atoms with Crippen molar-refractivity contribution in [2.24, 2.45) is 0 Å². The number of nitrogens with one attached hydrogen (secondary N) is 1. The summed E-state index contributed by atoms with van der Waals surface area (Å²) in [6.45, 7) is 2.85. The summed E-state index contributed by atoms with van der Waals surface area (Å²) < 4.78 is 5.57. The first-order valence-electron chi connectivity index (χ1n) is 6.55. The number of nitrogens with zero attached hydrogens (tertiary/aromatic N) is 1. The molecule has 0 unspecified atom stereocenters. The summed E-state index contributed by atoms with van der Waals surface area (Å²) in [5.74, 6) is 1.80. The Morgan fingerprint density at radius 2 is 1.84 bits per heavy atom. The number of aromatic amines is 1. The number of para-hydroxylation sites is 2. The van der Waals surface area contributed by atoms with Crippen LogP contribution in [0.5, 0.6) is 5.75 Å². The third kappa shape index (κ3) is 2.45. The maximum absolute atomic E-state index is 5.57. The Morgan fingerprint density at radius 1 is 1.05 bits per heavy atom. The lowest BCUT2D eigenvalue weighted by molar-refractivity contribution is 0.317. The quantitative estimate of drug-likeness (QED) is 0.761. The van der Waals surface area contributed by atoms with Crippen molar-refractivity contribution >= 4 is 11.0 Å². The van der Waals surface area contributed by atoms with Gasteiger partial charge in [0.1, 0.15) is 11.6 Å². The topological polar surface area (TPSA) is 37.9 Å². The molecule has 2 aromatic carbocycles. The Bertz CT molecular complexity index is 638. The van der Waals surface area contributed by atoms with Crippen molar-refractivity contribution in [3.63, 3.8) is 0 Å². The van der Waals surface area contributed by atoms with Crippen LogP contribution in [0.2, 0.25) is 0 Å². The highest BCUT2D eigenvalue weighted by Crippen LogP contribution is 2.22. The van der Waals surface area contributed by atoms with E-state index in [-0.39, 0.29) is 0 Å². The summed E-state index contributed by atoms with van der Waals surface area (Å²) in [6.07, 6.45) is 1.02. The van der Waals surface area contributed by atoms with Crippen molar-refractivity contribution in [2.75, 3.05) is 6.61 Å². The fourth-order valence-corrected chi connectivity index (χ4v) is 2.02. The average Bonchev–Trinajstić information content (AvgIpc) is 2.89. The van der Waals surface area contributed by atoms with Crippen LogP contribution in [-0.4, -0.2) is 16.6 Å². The summed E-state index contributed by atoms with van der Waals surface area (Å²) in [4.78, 5) is 7.90. The van der Waals surface area contributed by atoms with Crippen molar-refractivity contribution in [3.05, 3.63) is 48.5 Å². The van der Waals surface area contributed by atoms with Gasteiger partial charge in [-0.1, -0.05) is 19.1 Å².